The third kappa shape index (κ3) is 3.71. The lowest BCUT2D eigenvalue weighted by molar-refractivity contribution is -0.274. The number of alkyl halides is 3. The lowest BCUT2D eigenvalue weighted by Gasteiger charge is -2.12. The maximum atomic E-state index is 12.1. The van der Waals surface area contributed by atoms with E-state index in [4.69, 9.17) is 0 Å². The molecule has 3 rings (SSSR count). The van der Waals surface area contributed by atoms with E-state index in [-0.39, 0.29) is 5.75 Å². The number of para-hydroxylation sites is 1. The number of nitrogens with one attached hydrogen (secondary N) is 1. The van der Waals surface area contributed by atoms with Crippen LogP contribution in [0.4, 0.5) is 24.7 Å². The van der Waals surface area contributed by atoms with E-state index < -0.39 is 6.36 Å². The normalized spacial score (nSPS) is 11.5. The Morgan fingerprint density at radius 3 is 2.39 bits per heavy atom. The number of aryl methyl sites for hydroxylation is 1. The van der Waals surface area contributed by atoms with Gasteiger partial charge in [-0.3, -0.25) is 0 Å². The maximum Gasteiger partial charge on any atom is 0.573 e. The first-order valence-electron chi connectivity index (χ1n) is 6.90. The predicted molar refractivity (Wildman–Crippen MR) is 82.9 cm³/mol. The number of nitrogens with zero attached hydrogens (tertiary/aromatic N) is 1. The Balaban J connectivity index is 1.83. The Hall–Kier alpha value is -2.76. The maximum absolute atomic E-state index is 12.1. The van der Waals surface area contributed by atoms with Crippen LogP contribution in [0.15, 0.2) is 54.6 Å². The fourth-order valence-electron chi connectivity index (χ4n) is 2.22. The molecule has 6 heteroatoms. The summed E-state index contributed by atoms with van der Waals surface area (Å²) >= 11 is 0. The summed E-state index contributed by atoms with van der Waals surface area (Å²) in [6.45, 7) is 1.92. The molecule has 0 bridgehead atoms. The molecule has 0 atom stereocenters. The lowest BCUT2D eigenvalue weighted by atomic mass is 10.1. The third-order valence-corrected chi connectivity index (χ3v) is 3.27. The van der Waals surface area contributed by atoms with Gasteiger partial charge in [0.15, 0.2) is 0 Å². The summed E-state index contributed by atoms with van der Waals surface area (Å²) in [5, 5.41) is 4.14. The van der Waals surface area contributed by atoms with Gasteiger partial charge >= 0.3 is 6.36 Å². The zero-order valence-electron chi connectivity index (χ0n) is 12.2. The summed E-state index contributed by atoms with van der Waals surface area (Å²) in [5.41, 5.74) is 2.42. The van der Waals surface area contributed by atoms with E-state index >= 15 is 0 Å². The molecule has 3 aromatic rings. The van der Waals surface area contributed by atoms with Crippen LogP contribution in [0.25, 0.3) is 10.9 Å². The number of halogens is 3. The van der Waals surface area contributed by atoms with Crippen LogP contribution in [-0.4, -0.2) is 11.3 Å². The van der Waals surface area contributed by atoms with E-state index in [9.17, 15) is 13.2 Å². The zero-order chi connectivity index (χ0) is 16.4. The highest BCUT2D eigenvalue weighted by Gasteiger charge is 2.30. The van der Waals surface area contributed by atoms with Gasteiger partial charge in [-0.2, -0.15) is 0 Å². The van der Waals surface area contributed by atoms with Crippen LogP contribution in [-0.2, 0) is 0 Å². The van der Waals surface area contributed by atoms with Crippen LogP contribution < -0.4 is 10.1 Å². The van der Waals surface area contributed by atoms with E-state index in [1.165, 1.54) is 24.3 Å². The number of ether oxygens (including phenoxy) is 1. The Labute approximate surface area is 130 Å². The molecule has 23 heavy (non-hydrogen) atoms. The van der Waals surface area contributed by atoms with Crippen LogP contribution in [0.5, 0.6) is 5.75 Å². The monoisotopic (exact) mass is 318 g/mol. The highest BCUT2D eigenvalue weighted by Crippen LogP contribution is 2.26. The first-order valence-corrected chi connectivity index (χ1v) is 6.90. The fourth-order valence-corrected chi connectivity index (χ4v) is 2.22. The standard InChI is InChI=1S/C17H13F3N2O/c1-11-10-12-4-2-3-5-15(12)22-16(11)21-13-6-8-14(9-7-13)23-17(18,19)20/h2-10H,1H3,(H,21,22). The van der Waals surface area contributed by atoms with Crippen LogP contribution in [0.2, 0.25) is 0 Å². The summed E-state index contributed by atoms with van der Waals surface area (Å²) < 4.78 is 40.3. The molecule has 118 valence electrons. The minimum absolute atomic E-state index is 0.258. The van der Waals surface area contributed by atoms with Gasteiger partial charge in [0.1, 0.15) is 11.6 Å². The SMILES string of the molecule is Cc1cc2ccccc2nc1Nc1ccc(OC(F)(F)F)cc1. The predicted octanol–water partition coefficient (Wildman–Crippen LogP) is 5.19. The van der Waals surface area contributed by atoms with Gasteiger partial charge in [-0.15, -0.1) is 13.2 Å². The average molecular weight is 318 g/mol. The van der Waals surface area contributed by atoms with Gasteiger partial charge in [0, 0.05) is 11.1 Å². The van der Waals surface area contributed by atoms with Crippen LogP contribution in [0, 0.1) is 6.92 Å². The molecule has 1 aromatic heterocycles. The van der Waals surface area contributed by atoms with Gasteiger partial charge < -0.3 is 10.1 Å². The van der Waals surface area contributed by atoms with Gasteiger partial charge in [-0.1, -0.05) is 18.2 Å². The van der Waals surface area contributed by atoms with Gasteiger partial charge in [0.2, 0.25) is 0 Å². The van der Waals surface area contributed by atoms with Crippen LogP contribution in [0.3, 0.4) is 0 Å². The van der Waals surface area contributed by atoms with Crippen molar-refractivity contribution in [2.24, 2.45) is 0 Å². The van der Waals surface area contributed by atoms with E-state index in [0.29, 0.717) is 11.5 Å². The molecule has 0 saturated heterocycles. The number of fused-ring (bicyclic) bond motifs is 1. The van der Waals surface area contributed by atoms with Crippen LogP contribution in [0.1, 0.15) is 5.56 Å². The highest BCUT2D eigenvalue weighted by atomic mass is 19.4. The molecule has 0 fully saturated rings. The molecular formula is C17H13F3N2O. The Morgan fingerprint density at radius 1 is 1.00 bits per heavy atom. The smallest absolute Gasteiger partial charge is 0.406 e. The molecule has 1 N–H and O–H groups in total. The van der Waals surface area contributed by atoms with Crippen molar-refractivity contribution < 1.29 is 17.9 Å². The van der Waals surface area contributed by atoms with E-state index in [0.717, 1.165) is 16.5 Å². The molecule has 0 aliphatic carbocycles. The molecule has 1 heterocycles. The second kappa shape index (κ2) is 5.79. The lowest BCUT2D eigenvalue weighted by Crippen LogP contribution is -2.16. The van der Waals surface area contributed by atoms with Crippen molar-refractivity contribution in [2.45, 2.75) is 13.3 Å². The van der Waals surface area contributed by atoms with Crippen molar-refractivity contribution >= 4 is 22.4 Å². The van der Waals surface area contributed by atoms with Gasteiger partial charge in [-0.25, -0.2) is 4.98 Å². The Kier molecular flexibility index (Phi) is 3.82. The molecule has 0 unspecified atom stereocenters. The van der Waals surface area contributed by atoms with Gasteiger partial charge in [0.25, 0.3) is 0 Å². The van der Waals surface area contributed by atoms with Crippen molar-refractivity contribution in [3.8, 4) is 5.75 Å². The topological polar surface area (TPSA) is 34.2 Å². The molecule has 0 amide bonds. The molecule has 0 aliphatic rings. The van der Waals surface area contributed by atoms with Gasteiger partial charge in [0.05, 0.1) is 5.52 Å². The van der Waals surface area contributed by atoms with Crippen molar-refractivity contribution in [1.29, 1.82) is 0 Å². The molecule has 3 nitrogen and oxygen atoms in total. The summed E-state index contributed by atoms with van der Waals surface area (Å²) in [6, 6.07) is 15.3. The number of aromatic nitrogens is 1. The molecule has 0 aliphatic heterocycles. The summed E-state index contributed by atoms with van der Waals surface area (Å²) in [4.78, 5) is 4.53. The quantitative estimate of drug-likeness (QED) is 0.722. The zero-order valence-corrected chi connectivity index (χ0v) is 12.2. The van der Waals surface area contributed by atoms with Crippen molar-refractivity contribution in [1.82, 2.24) is 4.98 Å². The molecule has 0 saturated carbocycles. The van der Waals surface area contributed by atoms with Crippen molar-refractivity contribution in [3.63, 3.8) is 0 Å². The first kappa shape index (κ1) is 15.1. The molecule has 2 aromatic carbocycles. The molecule has 0 spiro atoms. The Bertz CT molecular complexity index is 829. The Morgan fingerprint density at radius 2 is 1.70 bits per heavy atom. The summed E-state index contributed by atoms with van der Waals surface area (Å²) in [5.74, 6) is 0.402. The highest BCUT2D eigenvalue weighted by molar-refractivity contribution is 5.82. The summed E-state index contributed by atoms with van der Waals surface area (Å²) in [6.07, 6.45) is -4.69. The van der Waals surface area contributed by atoms with Crippen molar-refractivity contribution in [2.75, 3.05) is 5.32 Å². The number of hydrogen-bond acceptors (Lipinski definition) is 3. The second-order valence-electron chi connectivity index (χ2n) is 5.04. The third-order valence-electron chi connectivity index (χ3n) is 3.27. The van der Waals surface area contributed by atoms with E-state index in [1.54, 1.807) is 0 Å². The number of anilines is 2. The first-order chi connectivity index (χ1) is 10.9. The number of hydrogen-bond donors (Lipinski definition) is 1. The summed E-state index contributed by atoms with van der Waals surface area (Å²) in [7, 11) is 0. The number of pyridine rings is 1. The molecule has 0 radical (unpaired) electrons. The fraction of sp³-hybridized carbons (Fsp3) is 0.118. The largest absolute Gasteiger partial charge is 0.573 e. The minimum Gasteiger partial charge on any atom is -0.406 e. The van der Waals surface area contributed by atoms with E-state index in [1.807, 2.05) is 37.3 Å². The number of benzene rings is 2. The second-order valence-corrected chi connectivity index (χ2v) is 5.04. The van der Waals surface area contributed by atoms with Crippen LogP contribution >= 0.6 is 0 Å². The minimum atomic E-state index is -4.69. The van der Waals surface area contributed by atoms with E-state index in [2.05, 4.69) is 15.0 Å². The van der Waals surface area contributed by atoms with Gasteiger partial charge in [-0.05, 0) is 48.9 Å². The number of rotatable bonds is 3. The average Bonchev–Trinajstić information content (AvgIpc) is 2.48. The molecular weight excluding hydrogens is 305 g/mol. The van der Waals surface area contributed by atoms with Crippen molar-refractivity contribution in [3.05, 3.63) is 60.2 Å².